The first-order chi connectivity index (χ1) is 13.0. The molecule has 0 aromatic heterocycles. The van der Waals surface area contributed by atoms with Crippen molar-refractivity contribution in [3.05, 3.63) is 65.0 Å². The number of carboxylic acid groups (broad SMARTS) is 1. The van der Waals surface area contributed by atoms with Crippen LogP contribution in [-0.4, -0.2) is 30.6 Å². The van der Waals surface area contributed by atoms with E-state index in [-0.39, 0.29) is 17.3 Å². The summed E-state index contributed by atoms with van der Waals surface area (Å²) in [6.45, 7) is 0.388. The van der Waals surface area contributed by atoms with E-state index in [0.29, 0.717) is 31.6 Å². The summed E-state index contributed by atoms with van der Waals surface area (Å²) in [5.41, 5.74) is 1.03. The summed E-state index contributed by atoms with van der Waals surface area (Å²) in [5, 5.41) is 12.0. The molecule has 0 aliphatic heterocycles. The number of methoxy groups -OCH3 is 1. The fraction of sp³-hybridized carbons (Fsp3) is 0.333. The van der Waals surface area contributed by atoms with Crippen LogP contribution in [-0.2, 0) is 16.6 Å². The van der Waals surface area contributed by atoms with Gasteiger partial charge in [-0.1, -0.05) is 24.6 Å². The van der Waals surface area contributed by atoms with Gasteiger partial charge in [0.05, 0.1) is 18.1 Å². The first kappa shape index (κ1) is 18.9. The molecule has 1 amide bonds. The predicted octanol–water partition coefficient (Wildman–Crippen LogP) is 3.31. The molecule has 0 heterocycles. The topological polar surface area (TPSA) is 75.6 Å². The van der Waals surface area contributed by atoms with Crippen LogP contribution >= 0.6 is 0 Å². The maximum absolute atomic E-state index is 13.6. The molecular weight excluding hydrogens is 349 g/mol. The summed E-state index contributed by atoms with van der Waals surface area (Å²) in [7, 11) is 1.48. The molecule has 0 unspecified atom stereocenters. The Labute approximate surface area is 157 Å². The number of hydrogen-bond acceptors (Lipinski definition) is 3. The van der Waals surface area contributed by atoms with Crippen molar-refractivity contribution in [3.63, 3.8) is 0 Å². The number of aromatic carboxylic acids is 1. The van der Waals surface area contributed by atoms with Gasteiger partial charge in [0.25, 0.3) is 0 Å². The van der Waals surface area contributed by atoms with Crippen LogP contribution in [0.5, 0.6) is 5.75 Å². The first-order valence-electron chi connectivity index (χ1n) is 8.91. The average Bonchev–Trinajstić information content (AvgIpc) is 2.61. The Morgan fingerprint density at radius 1 is 1.22 bits per heavy atom. The van der Waals surface area contributed by atoms with Crippen molar-refractivity contribution in [1.29, 1.82) is 0 Å². The molecule has 0 radical (unpaired) electrons. The predicted molar refractivity (Wildman–Crippen MR) is 98.6 cm³/mol. The summed E-state index contributed by atoms with van der Waals surface area (Å²) < 4.78 is 18.8. The van der Waals surface area contributed by atoms with Crippen LogP contribution in [0.15, 0.2) is 42.5 Å². The van der Waals surface area contributed by atoms with E-state index in [1.807, 2.05) is 0 Å². The third-order valence-electron chi connectivity index (χ3n) is 5.23. The molecule has 27 heavy (non-hydrogen) atoms. The van der Waals surface area contributed by atoms with E-state index in [0.717, 1.165) is 17.5 Å². The lowest BCUT2D eigenvalue weighted by Crippen LogP contribution is -2.49. The Kier molecular flexibility index (Phi) is 5.44. The molecule has 2 aromatic rings. The Bertz CT molecular complexity index is 861. The van der Waals surface area contributed by atoms with Crippen molar-refractivity contribution in [2.24, 2.45) is 0 Å². The number of benzene rings is 2. The van der Waals surface area contributed by atoms with E-state index in [2.05, 4.69) is 5.32 Å². The van der Waals surface area contributed by atoms with E-state index in [1.54, 1.807) is 18.2 Å². The quantitative estimate of drug-likeness (QED) is 0.783. The average molecular weight is 371 g/mol. The molecule has 5 nitrogen and oxygen atoms in total. The van der Waals surface area contributed by atoms with Crippen LogP contribution in [0.25, 0.3) is 0 Å². The number of carbonyl (C=O) groups excluding carboxylic acids is 1. The number of hydrogen-bond donors (Lipinski definition) is 2. The Morgan fingerprint density at radius 3 is 2.59 bits per heavy atom. The SMILES string of the molecule is COc1cc(C(=O)O)ccc1CCNC(=O)C1(c2cccc(F)c2)CCC1. The number of ether oxygens (including phenoxy) is 1. The van der Waals surface area contributed by atoms with Gasteiger partial charge in [0, 0.05) is 6.54 Å². The van der Waals surface area contributed by atoms with Crippen LogP contribution in [0.4, 0.5) is 4.39 Å². The fourth-order valence-electron chi connectivity index (χ4n) is 3.53. The fourth-order valence-corrected chi connectivity index (χ4v) is 3.53. The lowest BCUT2D eigenvalue weighted by Gasteiger charge is -2.40. The van der Waals surface area contributed by atoms with Gasteiger partial charge in [-0.3, -0.25) is 4.79 Å². The third kappa shape index (κ3) is 3.79. The second-order valence-electron chi connectivity index (χ2n) is 6.78. The standard InChI is InChI=1S/C21H22FNO4/c1-27-18-12-15(19(24)25)7-6-14(18)8-11-23-20(26)21(9-3-10-21)16-4-2-5-17(22)13-16/h2,4-7,12-13H,3,8-11H2,1H3,(H,23,26)(H,24,25). The zero-order chi connectivity index (χ0) is 19.4. The lowest BCUT2D eigenvalue weighted by molar-refractivity contribution is -0.129. The largest absolute Gasteiger partial charge is 0.496 e. The summed E-state index contributed by atoms with van der Waals surface area (Å²) in [6.07, 6.45) is 2.86. The molecule has 1 saturated carbocycles. The third-order valence-corrected chi connectivity index (χ3v) is 5.23. The van der Waals surface area contributed by atoms with Gasteiger partial charge in [-0.15, -0.1) is 0 Å². The number of amides is 1. The van der Waals surface area contributed by atoms with Crippen LogP contribution in [0.1, 0.15) is 40.7 Å². The molecule has 1 aliphatic rings. The molecule has 0 atom stereocenters. The molecular formula is C21H22FNO4. The highest BCUT2D eigenvalue weighted by Gasteiger charge is 2.45. The molecule has 142 valence electrons. The second-order valence-corrected chi connectivity index (χ2v) is 6.78. The van der Waals surface area contributed by atoms with Crippen LogP contribution in [0.2, 0.25) is 0 Å². The van der Waals surface area contributed by atoms with Gasteiger partial charge in [0.15, 0.2) is 0 Å². The zero-order valence-electron chi connectivity index (χ0n) is 15.1. The van der Waals surface area contributed by atoms with Gasteiger partial charge < -0.3 is 15.2 Å². The van der Waals surface area contributed by atoms with E-state index < -0.39 is 11.4 Å². The van der Waals surface area contributed by atoms with Gasteiger partial charge in [0.2, 0.25) is 5.91 Å². The maximum atomic E-state index is 13.6. The van der Waals surface area contributed by atoms with E-state index >= 15 is 0 Å². The van der Waals surface area contributed by atoms with Crippen molar-refractivity contribution in [2.45, 2.75) is 31.1 Å². The monoisotopic (exact) mass is 371 g/mol. The Balaban J connectivity index is 1.66. The van der Waals surface area contributed by atoms with Crippen molar-refractivity contribution < 1.29 is 23.8 Å². The molecule has 1 aliphatic carbocycles. The molecule has 1 fully saturated rings. The number of nitrogens with one attached hydrogen (secondary N) is 1. The number of rotatable bonds is 7. The lowest BCUT2D eigenvalue weighted by atomic mass is 9.64. The summed E-state index contributed by atoms with van der Waals surface area (Å²) >= 11 is 0. The van der Waals surface area contributed by atoms with Gasteiger partial charge in [-0.2, -0.15) is 0 Å². The summed E-state index contributed by atoms with van der Waals surface area (Å²) in [4.78, 5) is 23.9. The van der Waals surface area contributed by atoms with Crippen molar-refractivity contribution >= 4 is 11.9 Å². The minimum Gasteiger partial charge on any atom is -0.496 e. The minimum atomic E-state index is -1.02. The molecule has 0 bridgehead atoms. The van der Waals surface area contributed by atoms with Crippen molar-refractivity contribution in [1.82, 2.24) is 5.32 Å². The number of carboxylic acids is 1. The maximum Gasteiger partial charge on any atom is 0.335 e. The summed E-state index contributed by atoms with van der Waals surface area (Å²) in [5.74, 6) is -0.974. The Hall–Kier alpha value is -2.89. The van der Waals surface area contributed by atoms with Gasteiger partial charge in [-0.25, -0.2) is 9.18 Å². The Morgan fingerprint density at radius 2 is 2.00 bits per heavy atom. The summed E-state index contributed by atoms with van der Waals surface area (Å²) in [6, 6.07) is 10.9. The first-order valence-corrected chi connectivity index (χ1v) is 8.91. The highest BCUT2D eigenvalue weighted by Crippen LogP contribution is 2.44. The smallest absolute Gasteiger partial charge is 0.335 e. The zero-order valence-corrected chi connectivity index (χ0v) is 15.1. The molecule has 2 aromatic carbocycles. The molecule has 0 spiro atoms. The minimum absolute atomic E-state index is 0.0968. The molecule has 2 N–H and O–H groups in total. The normalized spacial score (nSPS) is 14.9. The molecule has 3 rings (SSSR count). The number of carbonyl (C=O) groups is 2. The molecule has 6 heteroatoms. The van der Waals surface area contributed by atoms with E-state index in [9.17, 15) is 14.0 Å². The van der Waals surface area contributed by atoms with Gasteiger partial charge in [-0.05, 0) is 54.7 Å². The van der Waals surface area contributed by atoms with Crippen LogP contribution in [0.3, 0.4) is 0 Å². The van der Waals surface area contributed by atoms with Crippen molar-refractivity contribution in [3.8, 4) is 5.75 Å². The van der Waals surface area contributed by atoms with Gasteiger partial charge >= 0.3 is 5.97 Å². The highest BCUT2D eigenvalue weighted by molar-refractivity contribution is 5.89. The molecule has 0 saturated heterocycles. The van der Waals surface area contributed by atoms with Crippen molar-refractivity contribution in [2.75, 3.05) is 13.7 Å². The van der Waals surface area contributed by atoms with Crippen LogP contribution in [0, 0.1) is 5.82 Å². The highest BCUT2D eigenvalue weighted by atomic mass is 19.1. The van der Waals surface area contributed by atoms with Crippen LogP contribution < -0.4 is 10.1 Å². The van der Waals surface area contributed by atoms with Gasteiger partial charge in [0.1, 0.15) is 11.6 Å². The van der Waals surface area contributed by atoms with E-state index in [4.69, 9.17) is 9.84 Å². The number of halogens is 1. The second kappa shape index (κ2) is 7.78. The van der Waals surface area contributed by atoms with E-state index in [1.165, 1.54) is 31.4 Å².